The van der Waals surface area contributed by atoms with E-state index in [1.165, 1.54) is 4.90 Å². The van der Waals surface area contributed by atoms with Crippen LogP contribution in [0.1, 0.15) is 12.0 Å². The number of halogens is 4. The number of ether oxygens (including phenoxy) is 3. The number of amides is 2. The lowest BCUT2D eigenvalue weighted by atomic mass is 10.2. The van der Waals surface area contributed by atoms with Gasteiger partial charge in [-0.3, -0.25) is 4.90 Å². The molecule has 12 heteroatoms. The molecule has 1 fully saturated rings. The maximum absolute atomic E-state index is 12.9. The number of hydrogen-bond acceptors (Lipinski definition) is 6. The van der Waals surface area contributed by atoms with Crippen LogP contribution in [0.15, 0.2) is 42.5 Å². The van der Waals surface area contributed by atoms with Crippen LogP contribution in [0.2, 0.25) is 5.02 Å². The van der Waals surface area contributed by atoms with Crippen molar-refractivity contribution in [2.45, 2.75) is 31.7 Å². The monoisotopic (exact) mass is 543 g/mol. The molecule has 0 aromatic heterocycles. The number of esters is 1. The van der Waals surface area contributed by atoms with Crippen molar-refractivity contribution in [2.75, 3.05) is 45.7 Å². The third kappa shape index (κ3) is 8.71. The largest absolute Gasteiger partial charge is 0.490 e. The van der Waals surface area contributed by atoms with E-state index < -0.39 is 24.3 Å². The van der Waals surface area contributed by atoms with Gasteiger partial charge in [0.25, 0.3) is 0 Å². The van der Waals surface area contributed by atoms with Crippen LogP contribution < -0.4 is 14.8 Å². The quantitative estimate of drug-likeness (QED) is 0.460. The van der Waals surface area contributed by atoms with E-state index in [4.69, 9.17) is 25.8 Å². The van der Waals surface area contributed by atoms with E-state index in [1.807, 2.05) is 4.90 Å². The van der Waals surface area contributed by atoms with Gasteiger partial charge in [-0.15, -0.1) is 0 Å². The van der Waals surface area contributed by atoms with Crippen LogP contribution in [0.3, 0.4) is 0 Å². The number of urea groups is 1. The Bertz CT molecular complexity index is 1080. The Morgan fingerprint density at radius 1 is 1.19 bits per heavy atom. The van der Waals surface area contributed by atoms with Gasteiger partial charge in [-0.2, -0.15) is 13.2 Å². The number of anilines is 1. The smallest absolute Gasteiger partial charge is 0.489 e. The Hall–Kier alpha value is -3.18. The summed E-state index contributed by atoms with van der Waals surface area (Å²) in [6, 6.07) is 11.5. The van der Waals surface area contributed by atoms with E-state index in [9.17, 15) is 22.8 Å². The average Bonchev–Trinajstić information content (AvgIpc) is 3.26. The van der Waals surface area contributed by atoms with Crippen molar-refractivity contribution in [2.24, 2.45) is 0 Å². The highest BCUT2D eigenvalue weighted by Gasteiger charge is 2.43. The summed E-state index contributed by atoms with van der Waals surface area (Å²) in [5.41, 5.74) is 1.14. The molecule has 1 N–H and O–H groups in total. The third-order valence-corrected chi connectivity index (χ3v) is 5.77. The fraction of sp³-hybridized carbons (Fsp3) is 0.440. The van der Waals surface area contributed by atoms with Crippen LogP contribution in [0.4, 0.5) is 23.7 Å². The van der Waals surface area contributed by atoms with Gasteiger partial charge in [0.15, 0.2) is 0 Å². The number of carbonyl (C=O) groups is 2. The number of rotatable bonds is 9. The van der Waals surface area contributed by atoms with Crippen molar-refractivity contribution >= 4 is 29.3 Å². The summed E-state index contributed by atoms with van der Waals surface area (Å²) in [5.74, 6) is -1.42. The second-order valence-electron chi connectivity index (χ2n) is 8.90. The second-order valence-corrected chi connectivity index (χ2v) is 9.34. The lowest BCUT2D eigenvalue weighted by molar-refractivity contribution is -0.206. The molecule has 0 spiro atoms. The van der Waals surface area contributed by atoms with Crippen LogP contribution >= 0.6 is 11.6 Å². The van der Waals surface area contributed by atoms with Gasteiger partial charge < -0.3 is 24.4 Å². The molecule has 1 aliphatic heterocycles. The first-order valence-corrected chi connectivity index (χ1v) is 11.9. The fourth-order valence-corrected chi connectivity index (χ4v) is 3.78. The number of nitrogens with zero attached hydrogens (tertiary/aromatic N) is 2. The van der Waals surface area contributed by atoms with Crippen LogP contribution in [0.25, 0.3) is 0 Å². The summed E-state index contributed by atoms with van der Waals surface area (Å²) in [6.45, 7) is 2.42. The van der Waals surface area contributed by atoms with Crippen molar-refractivity contribution in [1.82, 2.24) is 9.80 Å². The molecule has 0 radical (unpaired) electrons. The van der Waals surface area contributed by atoms with E-state index in [2.05, 4.69) is 5.32 Å². The Labute approximate surface area is 218 Å². The standard InChI is InChI=1S/C25H29ClF3N3O5/c1-16-4-9-21(30-24(34)31(2)3)22(12-16)35-15-20(37-23(33)25(27,28)29)14-32-11-10-19(13-32)36-18-7-5-17(26)6-8-18/h4-9,12,19-20H,10-11,13-15H2,1-3H3,(H,30,34). The number of likely N-dealkylation sites (tertiary alicyclic amines) is 1. The molecule has 202 valence electrons. The van der Waals surface area contributed by atoms with E-state index in [0.717, 1.165) is 5.56 Å². The normalized spacial score (nSPS) is 16.7. The minimum atomic E-state index is -5.14. The predicted molar refractivity (Wildman–Crippen MR) is 132 cm³/mol. The Balaban J connectivity index is 1.67. The molecule has 37 heavy (non-hydrogen) atoms. The highest BCUT2D eigenvalue weighted by molar-refractivity contribution is 6.30. The zero-order valence-corrected chi connectivity index (χ0v) is 21.4. The average molecular weight is 544 g/mol. The molecule has 0 bridgehead atoms. The minimum absolute atomic E-state index is 0.00744. The first kappa shape index (κ1) is 28.4. The number of aryl methyl sites for hydroxylation is 1. The van der Waals surface area contributed by atoms with Gasteiger partial charge in [-0.25, -0.2) is 9.59 Å². The lowest BCUT2D eigenvalue weighted by Gasteiger charge is -2.25. The molecule has 2 atom stereocenters. The summed E-state index contributed by atoms with van der Waals surface area (Å²) in [6.07, 6.45) is -5.91. The fourth-order valence-electron chi connectivity index (χ4n) is 3.66. The van der Waals surface area contributed by atoms with Crippen LogP contribution in [-0.4, -0.2) is 80.5 Å². The highest BCUT2D eigenvalue weighted by atomic mass is 35.5. The molecule has 3 rings (SSSR count). The number of carbonyl (C=O) groups excluding carboxylic acids is 2. The Kier molecular flexibility index (Phi) is 9.50. The number of alkyl halides is 3. The summed E-state index contributed by atoms with van der Waals surface area (Å²) in [4.78, 5) is 26.9. The highest BCUT2D eigenvalue weighted by Crippen LogP contribution is 2.27. The maximum atomic E-state index is 12.9. The molecule has 2 unspecified atom stereocenters. The van der Waals surface area contributed by atoms with E-state index in [1.54, 1.807) is 63.5 Å². The van der Waals surface area contributed by atoms with E-state index in [0.29, 0.717) is 36.0 Å². The Morgan fingerprint density at radius 3 is 2.54 bits per heavy atom. The predicted octanol–water partition coefficient (Wildman–Crippen LogP) is 4.75. The number of benzene rings is 2. The van der Waals surface area contributed by atoms with Gasteiger partial charge in [0, 0.05) is 38.8 Å². The van der Waals surface area contributed by atoms with Gasteiger partial charge in [0.2, 0.25) is 0 Å². The molecule has 1 heterocycles. The minimum Gasteiger partial charge on any atom is -0.489 e. The van der Waals surface area contributed by atoms with Gasteiger partial charge in [0.05, 0.1) is 5.69 Å². The summed E-state index contributed by atoms with van der Waals surface area (Å²) < 4.78 is 55.3. The molecule has 1 saturated heterocycles. The number of nitrogens with one attached hydrogen (secondary N) is 1. The molecule has 0 saturated carbocycles. The summed E-state index contributed by atoms with van der Waals surface area (Å²) >= 11 is 5.89. The van der Waals surface area contributed by atoms with Crippen molar-refractivity contribution < 1.29 is 37.0 Å². The first-order chi connectivity index (χ1) is 17.4. The molecule has 2 amide bonds. The Morgan fingerprint density at radius 2 is 1.89 bits per heavy atom. The van der Waals surface area contributed by atoms with Crippen molar-refractivity contribution in [1.29, 1.82) is 0 Å². The van der Waals surface area contributed by atoms with Gasteiger partial charge >= 0.3 is 18.2 Å². The third-order valence-electron chi connectivity index (χ3n) is 5.52. The zero-order valence-electron chi connectivity index (χ0n) is 20.7. The van der Waals surface area contributed by atoms with Gasteiger partial charge in [-0.05, 0) is 55.3 Å². The SMILES string of the molecule is Cc1ccc(NC(=O)N(C)C)c(OCC(CN2CCC(Oc3ccc(Cl)cc3)C2)OC(=O)C(F)(F)F)c1. The molecular formula is C25H29ClF3N3O5. The lowest BCUT2D eigenvalue weighted by Crippen LogP contribution is -2.41. The van der Waals surface area contributed by atoms with Crippen molar-refractivity contribution in [3.63, 3.8) is 0 Å². The van der Waals surface area contributed by atoms with E-state index in [-0.39, 0.29) is 25.0 Å². The van der Waals surface area contributed by atoms with Crippen LogP contribution in [0.5, 0.6) is 11.5 Å². The molecular weight excluding hydrogens is 515 g/mol. The topological polar surface area (TPSA) is 80.3 Å². The van der Waals surface area contributed by atoms with Crippen molar-refractivity contribution in [3.05, 3.63) is 53.1 Å². The molecule has 1 aliphatic rings. The second kappa shape index (κ2) is 12.4. The van der Waals surface area contributed by atoms with Gasteiger partial charge in [-0.1, -0.05) is 17.7 Å². The first-order valence-electron chi connectivity index (χ1n) is 11.5. The number of hydrogen-bond donors (Lipinski definition) is 1. The maximum Gasteiger partial charge on any atom is 0.490 e. The van der Waals surface area contributed by atoms with Crippen LogP contribution in [-0.2, 0) is 9.53 Å². The molecule has 8 nitrogen and oxygen atoms in total. The van der Waals surface area contributed by atoms with Crippen molar-refractivity contribution in [3.8, 4) is 11.5 Å². The van der Waals surface area contributed by atoms with E-state index >= 15 is 0 Å². The zero-order chi connectivity index (χ0) is 27.2. The summed E-state index contributed by atoms with van der Waals surface area (Å²) in [7, 11) is 3.13. The summed E-state index contributed by atoms with van der Waals surface area (Å²) in [5, 5.41) is 3.25. The molecule has 2 aromatic rings. The van der Waals surface area contributed by atoms with Crippen LogP contribution in [0, 0.1) is 6.92 Å². The molecule has 0 aliphatic carbocycles. The molecule has 2 aromatic carbocycles. The van der Waals surface area contributed by atoms with Gasteiger partial charge in [0.1, 0.15) is 30.3 Å².